The SMILES string of the molecule is CN(C)C(CNC(=O)N1CCNC(=O)C1)c1ccccc1. The Morgan fingerprint density at radius 2 is 2.10 bits per heavy atom. The normalized spacial score (nSPS) is 16.5. The molecule has 1 aliphatic rings. The first-order valence-electron chi connectivity index (χ1n) is 7.09. The van der Waals surface area contributed by atoms with Crippen molar-refractivity contribution in [2.24, 2.45) is 0 Å². The highest BCUT2D eigenvalue weighted by Gasteiger charge is 2.22. The third-order valence-corrected chi connectivity index (χ3v) is 3.58. The third-order valence-electron chi connectivity index (χ3n) is 3.58. The maximum atomic E-state index is 12.1. The number of benzene rings is 1. The summed E-state index contributed by atoms with van der Waals surface area (Å²) in [4.78, 5) is 27.0. The van der Waals surface area contributed by atoms with E-state index in [9.17, 15) is 9.59 Å². The van der Waals surface area contributed by atoms with E-state index in [1.165, 1.54) is 4.90 Å². The van der Waals surface area contributed by atoms with Gasteiger partial charge in [0.05, 0.1) is 6.04 Å². The predicted molar refractivity (Wildman–Crippen MR) is 80.9 cm³/mol. The lowest BCUT2D eigenvalue weighted by Crippen LogP contribution is -2.53. The molecular formula is C15H22N4O2. The molecule has 114 valence electrons. The van der Waals surface area contributed by atoms with Gasteiger partial charge in [-0.25, -0.2) is 4.79 Å². The summed E-state index contributed by atoms with van der Waals surface area (Å²) in [6, 6.07) is 9.96. The standard InChI is InChI=1S/C15H22N4O2/c1-18(2)13(12-6-4-3-5-7-12)10-17-15(21)19-9-8-16-14(20)11-19/h3-7,13H,8-11H2,1-2H3,(H,16,20)(H,17,21). The van der Waals surface area contributed by atoms with Crippen LogP contribution in [-0.2, 0) is 4.79 Å². The average molecular weight is 290 g/mol. The number of carbonyl (C=O) groups excluding carboxylic acids is 2. The van der Waals surface area contributed by atoms with Crippen LogP contribution in [0.3, 0.4) is 0 Å². The van der Waals surface area contributed by atoms with Crippen LogP contribution in [0, 0.1) is 0 Å². The van der Waals surface area contributed by atoms with Crippen LogP contribution in [0.25, 0.3) is 0 Å². The Morgan fingerprint density at radius 1 is 1.38 bits per heavy atom. The fraction of sp³-hybridized carbons (Fsp3) is 0.467. The molecule has 6 heteroatoms. The van der Waals surface area contributed by atoms with Crippen molar-refractivity contribution >= 4 is 11.9 Å². The summed E-state index contributed by atoms with van der Waals surface area (Å²) in [5.74, 6) is -0.108. The molecule has 3 amide bonds. The Morgan fingerprint density at radius 3 is 2.71 bits per heavy atom. The van der Waals surface area contributed by atoms with E-state index in [1.807, 2.05) is 44.4 Å². The van der Waals surface area contributed by atoms with Crippen LogP contribution in [0.5, 0.6) is 0 Å². The molecule has 0 radical (unpaired) electrons. The van der Waals surface area contributed by atoms with Crippen molar-refractivity contribution < 1.29 is 9.59 Å². The van der Waals surface area contributed by atoms with Crippen molar-refractivity contribution in [3.63, 3.8) is 0 Å². The van der Waals surface area contributed by atoms with E-state index in [4.69, 9.17) is 0 Å². The summed E-state index contributed by atoms with van der Waals surface area (Å²) < 4.78 is 0. The lowest BCUT2D eigenvalue weighted by molar-refractivity contribution is -0.123. The smallest absolute Gasteiger partial charge is 0.317 e. The second-order valence-corrected chi connectivity index (χ2v) is 5.35. The zero-order chi connectivity index (χ0) is 15.2. The van der Waals surface area contributed by atoms with Crippen LogP contribution >= 0.6 is 0 Å². The van der Waals surface area contributed by atoms with Gasteiger partial charge in [0.15, 0.2) is 0 Å². The molecule has 1 atom stereocenters. The van der Waals surface area contributed by atoms with Gasteiger partial charge in [-0.05, 0) is 19.7 Å². The van der Waals surface area contributed by atoms with E-state index in [1.54, 1.807) is 0 Å². The van der Waals surface area contributed by atoms with Gasteiger partial charge in [0.1, 0.15) is 6.54 Å². The number of likely N-dealkylation sites (N-methyl/N-ethyl adjacent to an activating group) is 1. The van der Waals surface area contributed by atoms with E-state index in [2.05, 4.69) is 15.5 Å². The number of nitrogens with one attached hydrogen (secondary N) is 2. The molecule has 0 aromatic heterocycles. The molecule has 0 saturated carbocycles. The summed E-state index contributed by atoms with van der Waals surface area (Å²) >= 11 is 0. The van der Waals surface area contributed by atoms with E-state index in [0.29, 0.717) is 19.6 Å². The molecule has 1 aromatic rings. The molecule has 21 heavy (non-hydrogen) atoms. The molecule has 2 N–H and O–H groups in total. The molecule has 6 nitrogen and oxygen atoms in total. The maximum absolute atomic E-state index is 12.1. The van der Waals surface area contributed by atoms with Crippen LogP contribution in [0.15, 0.2) is 30.3 Å². The minimum Gasteiger partial charge on any atom is -0.353 e. The zero-order valence-corrected chi connectivity index (χ0v) is 12.5. The van der Waals surface area contributed by atoms with Crippen LogP contribution < -0.4 is 10.6 Å². The number of amides is 3. The van der Waals surface area contributed by atoms with Gasteiger partial charge in [0, 0.05) is 19.6 Å². The topological polar surface area (TPSA) is 64.7 Å². The van der Waals surface area contributed by atoms with Crippen molar-refractivity contribution in [3.8, 4) is 0 Å². The van der Waals surface area contributed by atoms with Gasteiger partial charge >= 0.3 is 6.03 Å². The predicted octanol–water partition coefficient (Wildman–Crippen LogP) is 0.431. The van der Waals surface area contributed by atoms with Gasteiger partial charge in [-0.15, -0.1) is 0 Å². The molecule has 1 aliphatic heterocycles. The number of carbonyl (C=O) groups is 2. The number of urea groups is 1. The van der Waals surface area contributed by atoms with Gasteiger partial charge in [-0.2, -0.15) is 0 Å². The molecule has 1 heterocycles. The zero-order valence-electron chi connectivity index (χ0n) is 12.5. The monoisotopic (exact) mass is 290 g/mol. The molecule has 1 saturated heterocycles. The van der Waals surface area contributed by atoms with Gasteiger partial charge in [-0.1, -0.05) is 30.3 Å². The van der Waals surface area contributed by atoms with Gasteiger partial charge in [0.2, 0.25) is 5.91 Å². The number of nitrogens with zero attached hydrogens (tertiary/aromatic N) is 2. The Kier molecular flexibility index (Phi) is 5.16. The van der Waals surface area contributed by atoms with Crippen molar-refractivity contribution in [1.29, 1.82) is 0 Å². The fourth-order valence-electron chi connectivity index (χ4n) is 2.38. The number of hydrogen-bond donors (Lipinski definition) is 2. The first kappa shape index (κ1) is 15.3. The van der Waals surface area contributed by atoms with E-state index in [-0.39, 0.29) is 24.5 Å². The van der Waals surface area contributed by atoms with E-state index < -0.39 is 0 Å². The van der Waals surface area contributed by atoms with Crippen molar-refractivity contribution in [3.05, 3.63) is 35.9 Å². The summed E-state index contributed by atoms with van der Waals surface area (Å²) in [5.41, 5.74) is 1.15. The molecule has 1 aromatic carbocycles. The second kappa shape index (κ2) is 7.08. The minimum absolute atomic E-state index is 0.105. The average Bonchev–Trinajstić information content (AvgIpc) is 2.48. The van der Waals surface area contributed by atoms with Crippen LogP contribution in [0.2, 0.25) is 0 Å². The van der Waals surface area contributed by atoms with E-state index >= 15 is 0 Å². The van der Waals surface area contributed by atoms with Crippen LogP contribution in [-0.4, -0.2) is 62.0 Å². The summed E-state index contributed by atoms with van der Waals surface area (Å²) in [7, 11) is 3.97. The largest absolute Gasteiger partial charge is 0.353 e. The lowest BCUT2D eigenvalue weighted by atomic mass is 10.1. The van der Waals surface area contributed by atoms with Crippen LogP contribution in [0.1, 0.15) is 11.6 Å². The summed E-state index contributed by atoms with van der Waals surface area (Å²) in [6.45, 7) is 1.70. The molecule has 0 aliphatic carbocycles. The lowest BCUT2D eigenvalue weighted by Gasteiger charge is -2.29. The molecule has 0 spiro atoms. The molecule has 1 unspecified atom stereocenters. The van der Waals surface area contributed by atoms with Gasteiger partial charge in [-0.3, -0.25) is 4.79 Å². The first-order chi connectivity index (χ1) is 10.1. The third kappa shape index (κ3) is 4.19. The van der Waals surface area contributed by atoms with E-state index in [0.717, 1.165) is 5.56 Å². The van der Waals surface area contributed by atoms with Crippen LogP contribution in [0.4, 0.5) is 4.79 Å². The van der Waals surface area contributed by atoms with Crippen molar-refractivity contribution in [2.75, 3.05) is 40.3 Å². The molecule has 2 rings (SSSR count). The number of rotatable bonds is 4. The minimum atomic E-state index is -0.187. The summed E-state index contributed by atoms with van der Waals surface area (Å²) in [5, 5.41) is 5.63. The van der Waals surface area contributed by atoms with Crippen molar-refractivity contribution in [1.82, 2.24) is 20.4 Å². The summed E-state index contributed by atoms with van der Waals surface area (Å²) in [6.07, 6.45) is 0. The Bertz CT molecular complexity index is 490. The van der Waals surface area contributed by atoms with Gasteiger partial charge < -0.3 is 20.4 Å². The maximum Gasteiger partial charge on any atom is 0.317 e. The highest BCUT2D eigenvalue weighted by Crippen LogP contribution is 2.16. The number of piperazine rings is 1. The highest BCUT2D eigenvalue weighted by atomic mass is 16.2. The molecule has 0 bridgehead atoms. The Balaban J connectivity index is 1.93. The first-order valence-corrected chi connectivity index (χ1v) is 7.09. The second-order valence-electron chi connectivity index (χ2n) is 5.35. The quantitative estimate of drug-likeness (QED) is 0.845. The van der Waals surface area contributed by atoms with Crippen molar-refractivity contribution in [2.45, 2.75) is 6.04 Å². The Hall–Kier alpha value is -2.08. The van der Waals surface area contributed by atoms with Gasteiger partial charge in [0.25, 0.3) is 0 Å². The highest BCUT2D eigenvalue weighted by molar-refractivity contribution is 5.85. The molecule has 1 fully saturated rings. The Labute approximate surface area is 125 Å². The molecular weight excluding hydrogens is 268 g/mol. The fourth-order valence-corrected chi connectivity index (χ4v) is 2.38. The number of hydrogen-bond acceptors (Lipinski definition) is 3.